The van der Waals surface area contributed by atoms with Gasteiger partial charge in [-0.05, 0) is 25.7 Å². The van der Waals surface area contributed by atoms with E-state index in [0.717, 1.165) is 12.8 Å². The van der Waals surface area contributed by atoms with Crippen LogP contribution in [0.5, 0.6) is 0 Å². The van der Waals surface area contributed by atoms with Gasteiger partial charge in [0, 0.05) is 0 Å². The van der Waals surface area contributed by atoms with Gasteiger partial charge in [-0.25, -0.2) is 0 Å². The summed E-state index contributed by atoms with van der Waals surface area (Å²) in [6.45, 7) is 3.58. The molecule has 0 aromatic rings. The Morgan fingerprint density at radius 2 is 2.20 bits per heavy atom. The highest BCUT2D eigenvalue weighted by Gasteiger charge is 2.46. The van der Waals surface area contributed by atoms with E-state index in [1.807, 2.05) is 0 Å². The average molecular weight is 137 g/mol. The van der Waals surface area contributed by atoms with Crippen LogP contribution in [0.2, 0.25) is 0 Å². The van der Waals surface area contributed by atoms with Crippen LogP contribution in [0, 0.1) is 22.7 Å². The molecule has 0 amide bonds. The van der Waals surface area contributed by atoms with Crippen LogP contribution in [0.15, 0.2) is 0 Å². The average Bonchev–Trinajstić information content (AvgIpc) is 1.79. The predicted molar refractivity (Wildman–Crippen MR) is 37.1 cm³/mol. The maximum atomic E-state index is 10.9. The first-order valence-electron chi connectivity index (χ1n) is 3.53. The first kappa shape index (κ1) is 7.27. The van der Waals surface area contributed by atoms with Crippen molar-refractivity contribution in [2.45, 2.75) is 26.7 Å². The van der Waals surface area contributed by atoms with E-state index in [-0.39, 0.29) is 5.78 Å². The van der Waals surface area contributed by atoms with Crippen molar-refractivity contribution in [3.05, 3.63) is 0 Å². The van der Waals surface area contributed by atoms with Crippen LogP contribution in [0.25, 0.3) is 0 Å². The molecule has 0 unspecified atom stereocenters. The van der Waals surface area contributed by atoms with Crippen molar-refractivity contribution in [2.24, 2.45) is 11.3 Å². The molecule has 0 heterocycles. The molecular weight excluding hydrogens is 126 g/mol. The van der Waals surface area contributed by atoms with E-state index in [1.54, 1.807) is 0 Å². The molecule has 54 valence electrons. The maximum Gasteiger partial charge on any atom is 0.150 e. The van der Waals surface area contributed by atoms with Crippen LogP contribution >= 0.6 is 0 Å². The van der Waals surface area contributed by atoms with Gasteiger partial charge in [0.25, 0.3) is 0 Å². The van der Waals surface area contributed by atoms with Gasteiger partial charge in [0.05, 0.1) is 6.07 Å². The van der Waals surface area contributed by atoms with Crippen LogP contribution in [-0.4, -0.2) is 5.78 Å². The van der Waals surface area contributed by atoms with E-state index in [0.29, 0.717) is 5.92 Å². The lowest BCUT2D eigenvalue weighted by Gasteiger charge is -2.38. The van der Waals surface area contributed by atoms with Crippen molar-refractivity contribution >= 4 is 5.78 Å². The first-order valence-corrected chi connectivity index (χ1v) is 3.53. The molecular formula is C8H11NO. The monoisotopic (exact) mass is 137 g/mol. The SMILES string of the molecule is CC(=O)C1(C#N)CC(C)C1. The second kappa shape index (κ2) is 2.09. The highest BCUT2D eigenvalue weighted by molar-refractivity contribution is 5.86. The summed E-state index contributed by atoms with van der Waals surface area (Å²) >= 11 is 0. The molecule has 10 heavy (non-hydrogen) atoms. The third-order valence-corrected chi connectivity index (χ3v) is 2.28. The lowest BCUT2D eigenvalue weighted by Crippen LogP contribution is -2.40. The Kier molecular flexibility index (Phi) is 1.52. The Bertz CT molecular complexity index is 196. The Morgan fingerprint density at radius 1 is 1.70 bits per heavy atom. The summed E-state index contributed by atoms with van der Waals surface area (Å²) in [4.78, 5) is 10.9. The van der Waals surface area contributed by atoms with Crippen molar-refractivity contribution in [1.82, 2.24) is 0 Å². The third kappa shape index (κ3) is 0.824. The van der Waals surface area contributed by atoms with Crippen molar-refractivity contribution < 1.29 is 4.79 Å². The summed E-state index contributed by atoms with van der Waals surface area (Å²) in [5, 5.41) is 8.65. The summed E-state index contributed by atoms with van der Waals surface area (Å²) in [6, 6.07) is 2.10. The molecule has 0 aliphatic heterocycles. The van der Waals surface area contributed by atoms with Gasteiger partial charge in [-0.2, -0.15) is 5.26 Å². The second-order valence-electron chi connectivity index (χ2n) is 3.26. The quantitative estimate of drug-likeness (QED) is 0.549. The van der Waals surface area contributed by atoms with E-state index in [2.05, 4.69) is 13.0 Å². The molecule has 2 nitrogen and oxygen atoms in total. The number of nitriles is 1. The number of hydrogen-bond donors (Lipinski definition) is 0. The van der Waals surface area contributed by atoms with Gasteiger partial charge in [-0.3, -0.25) is 4.79 Å². The molecule has 1 aliphatic rings. The molecule has 1 rings (SSSR count). The van der Waals surface area contributed by atoms with Crippen LogP contribution in [-0.2, 0) is 4.79 Å². The minimum absolute atomic E-state index is 0.0353. The molecule has 0 aromatic heterocycles. The van der Waals surface area contributed by atoms with Crippen molar-refractivity contribution in [3.63, 3.8) is 0 Å². The minimum Gasteiger partial charge on any atom is -0.298 e. The van der Waals surface area contributed by atoms with Gasteiger partial charge in [0.15, 0.2) is 0 Å². The zero-order valence-corrected chi connectivity index (χ0v) is 6.35. The smallest absolute Gasteiger partial charge is 0.150 e. The van der Waals surface area contributed by atoms with Crippen LogP contribution in [0.3, 0.4) is 0 Å². The first-order chi connectivity index (χ1) is 4.60. The zero-order chi connectivity index (χ0) is 7.78. The number of hydrogen-bond acceptors (Lipinski definition) is 2. The van der Waals surface area contributed by atoms with Crippen molar-refractivity contribution in [3.8, 4) is 6.07 Å². The number of rotatable bonds is 1. The molecule has 0 aromatic carbocycles. The molecule has 0 atom stereocenters. The number of carbonyl (C=O) groups excluding carboxylic acids is 1. The van der Waals surface area contributed by atoms with E-state index < -0.39 is 5.41 Å². The second-order valence-corrected chi connectivity index (χ2v) is 3.26. The molecule has 1 fully saturated rings. The van der Waals surface area contributed by atoms with Crippen molar-refractivity contribution in [2.75, 3.05) is 0 Å². The fourth-order valence-electron chi connectivity index (χ4n) is 1.59. The summed E-state index contributed by atoms with van der Waals surface area (Å²) in [5.41, 5.74) is -0.598. The van der Waals surface area contributed by atoms with Gasteiger partial charge >= 0.3 is 0 Å². The maximum absolute atomic E-state index is 10.9. The van der Waals surface area contributed by atoms with Gasteiger partial charge in [0.2, 0.25) is 0 Å². The zero-order valence-electron chi connectivity index (χ0n) is 6.35. The normalized spacial score (nSPS) is 37.9. The van der Waals surface area contributed by atoms with Gasteiger partial charge in [-0.15, -0.1) is 0 Å². The minimum atomic E-state index is -0.598. The Balaban J connectivity index is 2.68. The summed E-state index contributed by atoms with van der Waals surface area (Å²) in [5.74, 6) is 0.594. The molecule has 1 saturated carbocycles. The molecule has 0 saturated heterocycles. The molecule has 1 aliphatic carbocycles. The molecule has 0 spiro atoms. The van der Waals surface area contributed by atoms with Gasteiger partial charge < -0.3 is 0 Å². The summed E-state index contributed by atoms with van der Waals surface area (Å²) in [6.07, 6.45) is 1.53. The largest absolute Gasteiger partial charge is 0.298 e. The van der Waals surface area contributed by atoms with Gasteiger partial charge in [-0.1, -0.05) is 6.92 Å². The lowest BCUT2D eigenvalue weighted by atomic mass is 9.61. The molecule has 2 heteroatoms. The van der Waals surface area contributed by atoms with E-state index >= 15 is 0 Å². The Labute approximate surface area is 60.8 Å². The predicted octanol–water partition coefficient (Wildman–Crippen LogP) is 1.52. The van der Waals surface area contributed by atoms with E-state index in [1.165, 1.54) is 6.92 Å². The van der Waals surface area contributed by atoms with E-state index in [4.69, 9.17) is 5.26 Å². The third-order valence-electron chi connectivity index (χ3n) is 2.28. The van der Waals surface area contributed by atoms with E-state index in [9.17, 15) is 4.79 Å². The molecule has 0 radical (unpaired) electrons. The highest BCUT2D eigenvalue weighted by Crippen LogP contribution is 2.45. The van der Waals surface area contributed by atoms with Crippen LogP contribution in [0.1, 0.15) is 26.7 Å². The Morgan fingerprint density at radius 3 is 2.30 bits per heavy atom. The number of nitrogens with zero attached hydrogens (tertiary/aromatic N) is 1. The lowest BCUT2D eigenvalue weighted by molar-refractivity contribution is -0.129. The van der Waals surface area contributed by atoms with Gasteiger partial charge in [0.1, 0.15) is 11.2 Å². The number of ketones is 1. The fraction of sp³-hybridized carbons (Fsp3) is 0.750. The topological polar surface area (TPSA) is 40.9 Å². The standard InChI is InChI=1S/C8H11NO/c1-6-3-8(4-6,5-9)7(2)10/h6H,3-4H2,1-2H3. The fourth-order valence-corrected chi connectivity index (χ4v) is 1.59. The summed E-state index contributed by atoms with van der Waals surface area (Å²) < 4.78 is 0. The number of Topliss-reactive ketones (excluding diaryl/α,β-unsaturated/α-hetero) is 1. The highest BCUT2D eigenvalue weighted by atomic mass is 16.1. The van der Waals surface area contributed by atoms with Crippen LogP contribution in [0.4, 0.5) is 0 Å². The molecule has 0 bridgehead atoms. The summed E-state index contributed by atoms with van der Waals surface area (Å²) in [7, 11) is 0. The molecule has 0 N–H and O–H groups in total. The van der Waals surface area contributed by atoms with Crippen LogP contribution < -0.4 is 0 Å². The Hall–Kier alpha value is -0.840. The van der Waals surface area contributed by atoms with Crippen molar-refractivity contribution in [1.29, 1.82) is 5.26 Å². The number of carbonyl (C=O) groups is 1.